The van der Waals surface area contributed by atoms with Gasteiger partial charge in [0.2, 0.25) is 5.91 Å². The molecule has 0 aromatic rings. The van der Waals surface area contributed by atoms with Gasteiger partial charge in [-0.2, -0.15) is 13.2 Å². The molecule has 1 amide bonds. The van der Waals surface area contributed by atoms with Gasteiger partial charge in [0.25, 0.3) is 0 Å². The Morgan fingerprint density at radius 2 is 1.83 bits per heavy atom. The first-order valence-electron chi connectivity index (χ1n) is 6.15. The van der Waals surface area contributed by atoms with Crippen LogP contribution in [0.4, 0.5) is 13.2 Å². The summed E-state index contributed by atoms with van der Waals surface area (Å²) in [5.41, 5.74) is 1.76. The maximum atomic E-state index is 12.5. The SMILES string of the molecule is CC(C(=O)N1CCC(C(F)(F)F)CC1)=C1CNC1. The average Bonchev–Trinajstić information content (AvgIpc) is 2.24. The highest BCUT2D eigenvalue weighted by Crippen LogP contribution is 2.34. The van der Waals surface area contributed by atoms with Gasteiger partial charge in [0.05, 0.1) is 5.92 Å². The Kier molecular flexibility index (Phi) is 3.66. The summed E-state index contributed by atoms with van der Waals surface area (Å²) in [4.78, 5) is 13.6. The van der Waals surface area contributed by atoms with E-state index < -0.39 is 12.1 Å². The Hall–Kier alpha value is -1.04. The lowest BCUT2D eigenvalue weighted by Gasteiger charge is -2.34. The zero-order valence-corrected chi connectivity index (χ0v) is 10.3. The van der Waals surface area contributed by atoms with E-state index in [1.807, 2.05) is 0 Å². The fourth-order valence-corrected chi connectivity index (χ4v) is 2.31. The molecule has 0 aromatic carbocycles. The van der Waals surface area contributed by atoms with Crippen molar-refractivity contribution < 1.29 is 18.0 Å². The van der Waals surface area contributed by atoms with Crippen LogP contribution in [0.3, 0.4) is 0 Å². The lowest BCUT2D eigenvalue weighted by Crippen LogP contribution is -2.44. The zero-order valence-electron chi connectivity index (χ0n) is 10.3. The van der Waals surface area contributed by atoms with Crippen molar-refractivity contribution in [2.45, 2.75) is 25.9 Å². The maximum Gasteiger partial charge on any atom is 0.391 e. The lowest BCUT2D eigenvalue weighted by molar-refractivity contribution is -0.186. The molecule has 6 heteroatoms. The highest BCUT2D eigenvalue weighted by Gasteiger charge is 2.41. The molecule has 3 nitrogen and oxygen atoms in total. The smallest absolute Gasteiger partial charge is 0.339 e. The molecule has 2 aliphatic rings. The molecule has 2 fully saturated rings. The summed E-state index contributed by atoms with van der Waals surface area (Å²) in [5.74, 6) is -1.35. The number of amides is 1. The summed E-state index contributed by atoms with van der Waals surface area (Å²) in [6, 6.07) is 0. The first kappa shape index (κ1) is 13.4. The number of piperidine rings is 1. The van der Waals surface area contributed by atoms with Gasteiger partial charge in [-0.3, -0.25) is 4.79 Å². The predicted octanol–water partition coefficient (Wildman–Crippen LogP) is 1.71. The van der Waals surface area contributed by atoms with Crippen LogP contribution in [0.5, 0.6) is 0 Å². The van der Waals surface area contributed by atoms with E-state index in [-0.39, 0.29) is 31.8 Å². The number of carbonyl (C=O) groups excluding carboxylic acids is 1. The van der Waals surface area contributed by atoms with Gasteiger partial charge >= 0.3 is 6.18 Å². The molecule has 0 aromatic heterocycles. The van der Waals surface area contributed by atoms with Crippen LogP contribution in [0.1, 0.15) is 19.8 Å². The van der Waals surface area contributed by atoms with Crippen molar-refractivity contribution in [2.24, 2.45) is 5.92 Å². The second-order valence-corrected chi connectivity index (χ2v) is 4.94. The molecule has 1 N–H and O–H groups in total. The van der Waals surface area contributed by atoms with Gasteiger partial charge in [-0.05, 0) is 25.3 Å². The van der Waals surface area contributed by atoms with Crippen molar-refractivity contribution in [3.8, 4) is 0 Å². The number of halogens is 3. The molecule has 0 spiro atoms. The molecule has 0 atom stereocenters. The molecular weight excluding hydrogens is 245 g/mol. The molecule has 0 saturated carbocycles. The topological polar surface area (TPSA) is 32.3 Å². The summed E-state index contributed by atoms with van der Waals surface area (Å²) >= 11 is 0. The van der Waals surface area contributed by atoms with Crippen LogP contribution in [-0.4, -0.2) is 43.2 Å². The van der Waals surface area contributed by atoms with E-state index in [0.29, 0.717) is 5.57 Å². The second kappa shape index (κ2) is 4.91. The third-order valence-electron chi connectivity index (χ3n) is 3.77. The molecule has 0 unspecified atom stereocenters. The molecule has 18 heavy (non-hydrogen) atoms. The van der Waals surface area contributed by atoms with E-state index in [1.54, 1.807) is 11.8 Å². The first-order chi connectivity index (χ1) is 8.39. The van der Waals surface area contributed by atoms with Crippen molar-refractivity contribution in [2.75, 3.05) is 26.2 Å². The van der Waals surface area contributed by atoms with Crippen LogP contribution in [0.15, 0.2) is 11.1 Å². The molecular formula is C12H17F3N2O. The molecule has 0 aliphatic carbocycles. The van der Waals surface area contributed by atoms with E-state index in [0.717, 1.165) is 18.7 Å². The van der Waals surface area contributed by atoms with Crippen molar-refractivity contribution >= 4 is 5.91 Å². The quantitative estimate of drug-likeness (QED) is 0.730. The van der Waals surface area contributed by atoms with Crippen molar-refractivity contribution in [1.82, 2.24) is 10.2 Å². The van der Waals surface area contributed by atoms with Gasteiger partial charge in [0.15, 0.2) is 0 Å². The molecule has 2 rings (SSSR count). The molecule has 0 radical (unpaired) electrons. The third kappa shape index (κ3) is 2.68. The van der Waals surface area contributed by atoms with Gasteiger partial charge in [0.1, 0.15) is 0 Å². The van der Waals surface area contributed by atoms with Crippen molar-refractivity contribution in [3.05, 3.63) is 11.1 Å². The van der Waals surface area contributed by atoms with Gasteiger partial charge in [-0.15, -0.1) is 0 Å². The largest absolute Gasteiger partial charge is 0.391 e. The van der Waals surface area contributed by atoms with Crippen LogP contribution in [0, 0.1) is 5.92 Å². The number of alkyl halides is 3. The summed E-state index contributed by atoms with van der Waals surface area (Å²) in [6.07, 6.45) is -4.08. The second-order valence-electron chi connectivity index (χ2n) is 4.94. The fourth-order valence-electron chi connectivity index (χ4n) is 2.31. The highest BCUT2D eigenvalue weighted by atomic mass is 19.4. The zero-order chi connectivity index (χ0) is 13.3. The van der Waals surface area contributed by atoms with E-state index in [2.05, 4.69) is 5.32 Å². The average molecular weight is 262 g/mol. The maximum absolute atomic E-state index is 12.5. The number of hydrogen-bond acceptors (Lipinski definition) is 2. The number of nitrogens with one attached hydrogen (secondary N) is 1. The molecule has 2 saturated heterocycles. The number of hydrogen-bond donors (Lipinski definition) is 1. The van der Waals surface area contributed by atoms with Gasteiger partial charge in [-0.25, -0.2) is 0 Å². The molecule has 2 aliphatic heterocycles. The summed E-state index contributed by atoms with van der Waals surface area (Å²) < 4.78 is 37.5. The Morgan fingerprint density at radius 1 is 1.28 bits per heavy atom. The monoisotopic (exact) mass is 262 g/mol. The summed E-state index contributed by atoms with van der Waals surface area (Å²) in [6.45, 7) is 3.61. The third-order valence-corrected chi connectivity index (χ3v) is 3.77. The summed E-state index contributed by atoms with van der Waals surface area (Å²) in [7, 11) is 0. The van der Waals surface area contributed by atoms with Crippen LogP contribution >= 0.6 is 0 Å². The predicted molar refractivity (Wildman–Crippen MR) is 60.9 cm³/mol. The number of likely N-dealkylation sites (tertiary alicyclic amines) is 1. The molecule has 0 bridgehead atoms. The minimum atomic E-state index is -4.12. The Morgan fingerprint density at radius 3 is 2.22 bits per heavy atom. The number of rotatable bonds is 1. The van der Waals surface area contributed by atoms with E-state index >= 15 is 0 Å². The number of nitrogens with zero attached hydrogens (tertiary/aromatic N) is 1. The summed E-state index contributed by atoms with van der Waals surface area (Å²) in [5, 5.41) is 3.05. The number of carbonyl (C=O) groups is 1. The van der Waals surface area contributed by atoms with E-state index in [1.165, 1.54) is 0 Å². The Balaban J connectivity index is 1.92. The molecule has 2 heterocycles. The highest BCUT2D eigenvalue weighted by molar-refractivity contribution is 5.94. The normalized spacial score (nSPS) is 21.8. The Labute approximate surface area is 104 Å². The van der Waals surface area contributed by atoms with Crippen LogP contribution < -0.4 is 5.32 Å². The fraction of sp³-hybridized carbons (Fsp3) is 0.750. The Bertz CT molecular complexity index is 362. The van der Waals surface area contributed by atoms with Crippen molar-refractivity contribution in [1.29, 1.82) is 0 Å². The first-order valence-corrected chi connectivity index (χ1v) is 6.15. The molecule has 102 valence electrons. The van der Waals surface area contributed by atoms with Gasteiger partial charge in [0, 0.05) is 31.8 Å². The van der Waals surface area contributed by atoms with E-state index in [4.69, 9.17) is 0 Å². The van der Waals surface area contributed by atoms with Gasteiger partial charge in [-0.1, -0.05) is 0 Å². The van der Waals surface area contributed by atoms with Crippen LogP contribution in [0.25, 0.3) is 0 Å². The van der Waals surface area contributed by atoms with Gasteiger partial charge < -0.3 is 10.2 Å². The lowest BCUT2D eigenvalue weighted by atomic mass is 9.95. The van der Waals surface area contributed by atoms with E-state index in [9.17, 15) is 18.0 Å². The minimum Gasteiger partial charge on any atom is -0.339 e. The minimum absolute atomic E-state index is 0.0239. The van der Waals surface area contributed by atoms with Crippen molar-refractivity contribution in [3.63, 3.8) is 0 Å². The van der Waals surface area contributed by atoms with Crippen LogP contribution in [0.2, 0.25) is 0 Å². The standard InChI is InChI=1S/C12H17F3N2O/c1-8(9-6-16-7-9)11(18)17-4-2-10(3-5-17)12(13,14)15/h10,16H,2-7H2,1H3. The van der Waals surface area contributed by atoms with Crippen LogP contribution in [-0.2, 0) is 4.79 Å².